The van der Waals surface area contributed by atoms with E-state index in [-0.39, 0.29) is 19.4 Å². The van der Waals surface area contributed by atoms with Crippen LogP contribution < -0.4 is 0 Å². The van der Waals surface area contributed by atoms with Crippen molar-refractivity contribution in [2.75, 3.05) is 26.4 Å². The number of aliphatic hydroxyl groups excluding tert-OH is 7. The van der Waals surface area contributed by atoms with Crippen LogP contribution in [0.4, 0.5) is 0 Å². The highest BCUT2D eigenvalue weighted by atomic mass is 16.7. The maximum absolute atomic E-state index is 12.9. The number of rotatable bonds is 37. The molecule has 2 aliphatic heterocycles. The average Bonchev–Trinajstić information content (AvgIpc) is 3.32. The second-order valence-corrected chi connectivity index (χ2v) is 17.4. The molecule has 0 bridgehead atoms. The molecular weight excluding hydrogens is 865 g/mol. The lowest BCUT2D eigenvalue weighted by Crippen LogP contribution is -2.61. The van der Waals surface area contributed by atoms with E-state index in [1.165, 1.54) is 57.8 Å². The first kappa shape index (κ1) is 60.1. The van der Waals surface area contributed by atoms with Gasteiger partial charge in [-0.25, -0.2) is 0 Å². The van der Waals surface area contributed by atoms with E-state index in [4.69, 9.17) is 28.4 Å². The molecule has 0 spiro atoms. The van der Waals surface area contributed by atoms with Crippen LogP contribution in [0.1, 0.15) is 149 Å². The Morgan fingerprint density at radius 1 is 0.493 bits per heavy atom. The van der Waals surface area contributed by atoms with Crippen molar-refractivity contribution in [3.63, 3.8) is 0 Å². The molecule has 2 heterocycles. The second-order valence-electron chi connectivity index (χ2n) is 17.4. The Morgan fingerprint density at radius 2 is 0.985 bits per heavy atom. The molecule has 2 fully saturated rings. The van der Waals surface area contributed by atoms with E-state index in [9.17, 15) is 45.3 Å². The van der Waals surface area contributed by atoms with Gasteiger partial charge in [-0.1, -0.05) is 151 Å². The third-order valence-electron chi connectivity index (χ3n) is 11.5. The van der Waals surface area contributed by atoms with Crippen LogP contribution in [-0.4, -0.2) is 142 Å². The van der Waals surface area contributed by atoms with Gasteiger partial charge in [0.05, 0.1) is 19.8 Å². The molecule has 67 heavy (non-hydrogen) atoms. The van der Waals surface area contributed by atoms with Gasteiger partial charge in [0, 0.05) is 12.8 Å². The first-order chi connectivity index (χ1) is 32.5. The number of carbonyl (C=O) groups is 2. The maximum Gasteiger partial charge on any atom is 0.306 e. The van der Waals surface area contributed by atoms with Crippen molar-refractivity contribution < 1.29 is 73.8 Å². The van der Waals surface area contributed by atoms with E-state index >= 15 is 0 Å². The molecule has 0 radical (unpaired) electrons. The molecule has 2 saturated heterocycles. The van der Waals surface area contributed by atoms with Crippen LogP contribution in [0, 0.1) is 0 Å². The summed E-state index contributed by atoms with van der Waals surface area (Å²) in [5.41, 5.74) is 0. The molecule has 11 atom stereocenters. The zero-order chi connectivity index (χ0) is 48.9. The summed E-state index contributed by atoms with van der Waals surface area (Å²) in [5, 5.41) is 72.0. The van der Waals surface area contributed by atoms with Crippen molar-refractivity contribution in [2.24, 2.45) is 0 Å². The molecular formula is C52H86O15. The molecule has 2 rings (SSSR count). The van der Waals surface area contributed by atoms with Crippen molar-refractivity contribution in [1.82, 2.24) is 0 Å². The monoisotopic (exact) mass is 951 g/mol. The Labute approximate surface area is 400 Å². The summed E-state index contributed by atoms with van der Waals surface area (Å²) in [6.45, 7) is 2.43. The van der Waals surface area contributed by atoms with Gasteiger partial charge in [-0.15, -0.1) is 0 Å². The molecule has 5 unspecified atom stereocenters. The van der Waals surface area contributed by atoms with Gasteiger partial charge < -0.3 is 64.2 Å². The smallest absolute Gasteiger partial charge is 0.306 e. The van der Waals surface area contributed by atoms with Crippen LogP contribution >= 0.6 is 0 Å². The number of esters is 2. The SMILES string of the molecule is CCCCC/C=C/C=C/C=C/C=C/CCCCCCCC(=O)OCC(CO[C@@H]1O[C@H](CO[C@@H]2O[C@H](CO)[C@H](O)C(O)C2O)[C@H](O)C(O)C1O)OC(=O)CC/C=C/C/C=C/CCCCCCCC. The number of carbonyl (C=O) groups excluding carboxylic acids is 2. The van der Waals surface area contributed by atoms with Crippen molar-refractivity contribution >= 4 is 11.9 Å². The van der Waals surface area contributed by atoms with Gasteiger partial charge >= 0.3 is 11.9 Å². The Hall–Kier alpha value is -3.06. The summed E-state index contributed by atoms with van der Waals surface area (Å²) in [5.74, 6) is -1.04. The van der Waals surface area contributed by atoms with E-state index in [0.717, 1.165) is 51.4 Å². The predicted molar refractivity (Wildman–Crippen MR) is 256 cm³/mol. The van der Waals surface area contributed by atoms with Crippen molar-refractivity contribution in [3.05, 3.63) is 72.9 Å². The minimum atomic E-state index is -1.78. The molecule has 2 aliphatic rings. The van der Waals surface area contributed by atoms with Crippen molar-refractivity contribution in [3.8, 4) is 0 Å². The highest BCUT2D eigenvalue weighted by Crippen LogP contribution is 2.26. The molecule has 0 aromatic rings. The van der Waals surface area contributed by atoms with Crippen LogP contribution in [0.2, 0.25) is 0 Å². The quantitative estimate of drug-likeness (QED) is 0.0150. The Kier molecular flexibility index (Phi) is 34.7. The zero-order valence-corrected chi connectivity index (χ0v) is 40.4. The van der Waals surface area contributed by atoms with Crippen LogP contribution in [0.5, 0.6) is 0 Å². The lowest BCUT2D eigenvalue weighted by atomic mass is 9.98. The summed E-state index contributed by atoms with van der Waals surface area (Å²) in [7, 11) is 0. The number of allylic oxidation sites excluding steroid dienone is 12. The van der Waals surface area contributed by atoms with E-state index in [2.05, 4.69) is 50.3 Å². The van der Waals surface area contributed by atoms with Crippen LogP contribution in [0.15, 0.2) is 72.9 Å². The molecule has 15 heteroatoms. The lowest BCUT2D eigenvalue weighted by molar-refractivity contribution is -0.332. The second kappa shape index (κ2) is 38.8. The highest BCUT2D eigenvalue weighted by Gasteiger charge is 2.47. The largest absolute Gasteiger partial charge is 0.462 e. The molecule has 384 valence electrons. The van der Waals surface area contributed by atoms with E-state index in [1.807, 2.05) is 36.5 Å². The lowest BCUT2D eigenvalue weighted by Gasteiger charge is -2.42. The fourth-order valence-electron chi connectivity index (χ4n) is 7.34. The molecule has 0 aromatic carbocycles. The summed E-state index contributed by atoms with van der Waals surface area (Å²) >= 11 is 0. The molecule has 0 aliphatic carbocycles. The van der Waals surface area contributed by atoms with E-state index in [0.29, 0.717) is 12.8 Å². The van der Waals surface area contributed by atoms with Gasteiger partial charge in [0.25, 0.3) is 0 Å². The minimum absolute atomic E-state index is 0.0498. The van der Waals surface area contributed by atoms with E-state index < -0.39 is 99.3 Å². The van der Waals surface area contributed by atoms with Gasteiger partial charge in [-0.2, -0.15) is 0 Å². The summed E-state index contributed by atoms with van der Waals surface area (Å²) in [6, 6.07) is 0. The van der Waals surface area contributed by atoms with Gasteiger partial charge in [-0.3, -0.25) is 9.59 Å². The van der Waals surface area contributed by atoms with Crippen molar-refractivity contribution in [1.29, 1.82) is 0 Å². The first-order valence-corrected chi connectivity index (χ1v) is 25.1. The third kappa shape index (κ3) is 27.1. The van der Waals surface area contributed by atoms with E-state index in [1.54, 1.807) is 0 Å². The highest BCUT2D eigenvalue weighted by molar-refractivity contribution is 5.70. The number of unbranched alkanes of at least 4 members (excludes halogenated alkanes) is 14. The van der Waals surface area contributed by atoms with Gasteiger partial charge in [0.15, 0.2) is 18.7 Å². The fourth-order valence-corrected chi connectivity index (χ4v) is 7.34. The predicted octanol–water partition coefficient (Wildman–Crippen LogP) is 6.65. The molecule has 0 saturated carbocycles. The Bertz CT molecular complexity index is 1440. The molecule has 0 amide bonds. The zero-order valence-electron chi connectivity index (χ0n) is 40.4. The minimum Gasteiger partial charge on any atom is -0.462 e. The standard InChI is InChI=1S/C52H86O15/c1-3-5-7-9-11-13-15-17-18-19-20-21-23-24-26-28-30-32-34-43(54)62-37-40(65-44(55)35-33-31-29-27-25-22-16-14-12-10-8-6-4-2)38-63-51-50(61)48(59)46(57)42(67-51)39-64-52-49(60)47(58)45(56)41(36-53)66-52/h11,13,15,17-22,25,29,31,40-42,45-53,56-61H,3-10,12,14,16,23-24,26-28,30,32-39H2,1-2H3/b13-11+,17-15+,19-18+,21-20+,25-22+,31-29+/t40?,41-,42-,45+,46+,47?,48?,49?,50?,51-,52-/m1/s1. The van der Waals surface area contributed by atoms with Crippen LogP contribution in [0.3, 0.4) is 0 Å². The molecule has 7 N–H and O–H groups in total. The molecule has 15 nitrogen and oxygen atoms in total. The summed E-state index contributed by atoms with van der Waals surface area (Å²) in [4.78, 5) is 25.7. The summed E-state index contributed by atoms with van der Waals surface area (Å²) in [6.07, 6.45) is 28.0. The third-order valence-corrected chi connectivity index (χ3v) is 11.5. The number of hydrogen-bond donors (Lipinski definition) is 7. The fraction of sp³-hybridized carbons (Fsp3) is 0.731. The van der Waals surface area contributed by atoms with Crippen LogP contribution in [0.25, 0.3) is 0 Å². The normalized spacial score (nSPS) is 26.6. The maximum atomic E-state index is 12.9. The number of ether oxygens (including phenoxy) is 6. The van der Waals surface area contributed by atoms with Gasteiger partial charge in [0.2, 0.25) is 0 Å². The molecule has 0 aromatic heterocycles. The van der Waals surface area contributed by atoms with Gasteiger partial charge in [-0.05, 0) is 57.8 Å². The first-order valence-electron chi connectivity index (χ1n) is 25.1. The number of hydrogen-bond acceptors (Lipinski definition) is 15. The topological polar surface area (TPSA) is 231 Å². The van der Waals surface area contributed by atoms with Crippen LogP contribution in [-0.2, 0) is 38.0 Å². The van der Waals surface area contributed by atoms with Gasteiger partial charge in [0.1, 0.15) is 55.4 Å². The Morgan fingerprint density at radius 3 is 1.61 bits per heavy atom. The number of aliphatic hydroxyl groups is 7. The Balaban J connectivity index is 1.85. The average molecular weight is 951 g/mol. The van der Waals surface area contributed by atoms with Crippen molar-refractivity contribution in [2.45, 2.75) is 216 Å². The summed E-state index contributed by atoms with van der Waals surface area (Å²) < 4.78 is 33.4.